The predicted octanol–water partition coefficient (Wildman–Crippen LogP) is 7.76. The summed E-state index contributed by atoms with van der Waals surface area (Å²) in [5, 5.41) is 4.12. The van der Waals surface area contributed by atoms with Crippen molar-refractivity contribution in [3.63, 3.8) is 0 Å². The normalized spacial score (nSPS) is 19.9. The van der Waals surface area contributed by atoms with Crippen molar-refractivity contribution in [1.29, 1.82) is 0 Å². The lowest BCUT2D eigenvalue weighted by molar-refractivity contribution is -0.137. The second kappa shape index (κ2) is 14.6. The Kier molecular flexibility index (Phi) is 10.1. The number of piperazine rings is 1. The van der Waals surface area contributed by atoms with Gasteiger partial charge in [0.25, 0.3) is 0 Å². The van der Waals surface area contributed by atoms with Crippen LogP contribution in [-0.4, -0.2) is 88.6 Å². The molecule has 3 fully saturated rings. The zero-order valence-electron chi connectivity index (χ0n) is 31.7. The van der Waals surface area contributed by atoms with Gasteiger partial charge in [-0.3, -0.25) is 15.1 Å². The van der Waals surface area contributed by atoms with Crippen molar-refractivity contribution in [2.45, 2.75) is 104 Å². The highest BCUT2D eigenvalue weighted by Crippen LogP contribution is 2.46. The van der Waals surface area contributed by atoms with Gasteiger partial charge in [-0.2, -0.15) is 0 Å². The minimum absolute atomic E-state index is 0.00649. The highest BCUT2D eigenvalue weighted by atomic mass is 32.1. The van der Waals surface area contributed by atoms with Crippen molar-refractivity contribution < 1.29 is 14.3 Å². The SMILES string of the molecule is Cc1cc(C)cc(-c2[nH]c3sc(C(C)(C)C(=O)N4C5CCC4CC5)cc3c2[C@H](C)CN=C(NC(=O)OC(C)C)N2CCN(c3ccccn3)CC2)c1. The van der Waals surface area contributed by atoms with Crippen LogP contribution in [0.4, 0.5) is 10.6 Å². The third-order valence-corrected chi connectivity index (χ3v) is 12.4. The number of hydrogen-bond donors (Lipinski definition) is 2. The molecular weight excluding hydrogens is 671 g/mol. The second-order valence-corrected chi connectivity index (χ2v) is 16.8. The maximum Gasteiger partial charge on any atom is 0.414 e. The van der Waals surface area contributed by atoms with E-state index in [1.807, 2.05) is 38.2 Å². The van der Waals surface area contributed by atoms with Crippen LogP contribution in [-0.2, 0) is 14.9 Å². The summed E-state index contributed by atoms with van der Waals surface area (Å²) in [5.41, 5.74) is 5.19. The van der Waals surface area contributed by atoms with Crippen LogP contribution in [0.15, 0.2) is 53.7 Å². The molecule has 2 N–H and O–H groups in total. The molecule has 3 aromatic heterocycles. The average molecular weight is 724 g/mol. The largest absolute Gasteiger partial charge is 0.447 e. The maximum atomic E-state index is 14.1. The van der Waals surface area contributed by atoms with Gasteiger partial charge in [-0.25, -0.2) is 9.78 Å². The van der Waals surface area contributed by atoms with E-state index in [4.69, 9.17) is 9.73 Å². The Morgan fingerprint density at radius 1 is 1.00 bits per heavy atom. The van der Waals surface area contributed by atoms with Crippen molar-refractivity contribution in [3.05, 3.63) is 70.2 Å². The Balaban J connectivity index is 1.21. The molecule has 3 saturated heterocycles. The van der Waals surface area contributed by atoms with E-state index in [1.54, 1.807) is 11.3 Å². The van der Waals surface area contributed by atoms with E-state index in [0.29, 0.717) is 37.7 Å². The minimum Gasteiger partial charge on any atom is -0.447 e. The number of aryl methyl sites for hydroxylation is 2. The lowest BCUT2D eigenvalue weighted by Crippen LogP contribution is -2.54. The maximum absolute atomic E-state index is 14.1. The predicted molar refractivity (Wildman–Crippen MR) is 210 cm³/mol. The number of alkyl carbamates (subject to hydrolysis) is 1. The number of carbonyl (C=O) groups is 2. The number of ether oxygens (including phenoxy) is 1. The number of benzene rings is 1. The summed E-state index contributed by atoms with van der Waals surface area (Å²) >= 11 is 1.70. The van der Waals surface area contributed by atoms with Crippen LogP contribution in [0, 0.1) is 13.8 Å². The number of nitrogens with one attached hydrogen (secondary N) is 2. The molecule has 1 aromatic carbocycles. The number of fused-ring (bicyclic) bond motifs is 3. The molecule has 7 rings (SSSR count). The van der Waals surface area contributed by atoms with Crippen LogP contribution in [0.3, 0.4) is 0 Å². The fraction of sp³-hybridized carbons (Fsp3) is 0.512. The second-order valence-electron chi connectivity index (χ2n) is 15.7. The van der Waals surface area contributed by atoms with Crippen LogP contribution in [0.1, 0.15) is 87.8 Å². The Morgan fingerprint density at radius 2 is 1.67 bits per heavy atom. The van der Waals surface area contributed by atoms with E-state index in [-0.39, 0.29) is 17.9 Å². The molecule has 3 aliphatic rings. The smallest absolute Gasteiger partial charge is 0.414 e. The summed E-state index contributed by atoms with van der Waals surface area (Å²) in [5.74, 6) is 1.72. The van der Waals surface area contributed by atoms with Crippen molar-refractivity contribution in [3.8, 4) is 11.3 Å². The third-order valence-electron chi connectivity index (χ3n) is 11.0. The van der Waals surface area contributed by atoms with Crippen LogP contribution < -0.4 is 10.2 Å². The van der Waals surface area contributed by atoms with Gasteiger partial charge in [-0.15, -0.1) is 11.3 Å². The van der Waals surface area contributed by atoms with Crippen molar-refractivity contribution in [1.82, 2.24) is 25.1 Å². The molecule has 10 nitrogen and oxygen atoms in total. The first kappa shape index (κ1) is 36.0. The van der Waals surface area contributed by atoms with Gasteiger partial charge in [0.05, 0.1) is 17.2 Å². The molecular formula is C41H53N7O3S. The molecule has 52 heavy (non-hydrogen) atoms. The monoisotopic (exact) mass is 723 g/mol. The van der Waals surface area contributed by atoms with E-state index >= 15 is 0 Å². The molecule has 276 valence electrons. The number of aromatic amines is 1. The first-order chi connectivity index (χ1) is 24.9. The molecule has 0 radical (unpaired) electrons. The standard InChI is InChI=1S/C41H53N7O3S/c1-25(2)51-40(50)45-39(47-18-16-46(17-19-47)34-10-8-9-15-42-34)43-24-28(5)35-32-23-33(41(6,7)38(49)48-30-11-12-31(48)14-13-30)52-37(32)44-36(35)29-21-26(3)20-27(4)22-29/h8-10,15,20-23,25,28,30-31,44H,11-14,16-19,24H2,1-7H3,(H,43,45,50)/t28-,30?,31?/m1/s1. The number of H-pyrrole nitrogens is 1. The van der Waals surface area contributed by atoms with E-state index in [9.17, 15) is 9.59 Å². The average Bonchev–Trinajstić information content (AvgIpc) is 3.90. The topological polar surface area (TPSA) is 106 Å². The van der Waals surface area contributed by atoms with Crippen LogP contribution in [0.2, 0.25) is 0 Å². The summed E-state index contributed by atoms with van der Waals surface area (Å²) in [4.78, 5) is 49.3. The van der Waals surface area contributed by atoms with Crippen LogP contribution in [0.25, 0.3) is 21.5 Å². The first-order valence-corrected chi connectivity index (χ1v) is 19.7. The minimum atomic E-state index is -0.625. The highest BCUT2D eigenvalue weighted by Gasteiger charge is 2.47. The van der Waals surface area contributed by atoms with Crippen molar-refractivity contribution in [2.24, 2.45) is 4.99 Å². The number of pyridine rings is 1. The Labute approximate surface area is 311 Å². The van der Waals surface area contributed by atoms with E-state index in [1.165, 1.54) is 16.7 Å². The van der Waals surface area contributed by atoms with Gasteiger partial charge in [0.2, 0.25) is 11.9 Å². The molecule has 6 heterocycles. The van der Waals surface area contributed by atoms with Gasteiger partial charge in [0.1, 0.15) is 10.6 Å². The van der Waals surface area contributed by atoms with Crippen LogP contribution in [0.5, 0.6) is 0 Å². The Morgan fingerprint density at radius 3 is 2.29 bits per heavy atom. The van der Waals surface area contributed by atoms with Gasteiger partial charge in [0.15, 0.2) is 0 Å². The molecule has 0 saturated carbocycles. The van der Waals surface area contributed by atoms with Gasteiger partial charge in [-0.05, 0) is 109 Å². The summed E-state index contributed by atoms with van der Waals surface area (Å²) in [6.07, 6.45) is 5.58. The number of guanidine groups is 1. The molecule has 0 unspecified atom stereocenters. The lowest BCUT2D eigenvalue weighted by Gasteiger charge is -2.37. The number of nitrogens with zero attached hydrogens (tertiary/aromatic N) is 5. The molecule has 1 atom stereocenters. The molecule has 0 spiro atoms. The number of rotatable bonds is 8. The number of amides is 2. The summed E-state index contributed by atoms with van der Waals surface area (Å²) < 4.78 is 5.49. The quantitative estimate of drug-likeness (QED) is 0.142. The van der Waals surface area contributed by atoms with Gasteiger partial charge >= 0.3 is 6.09 Å². The molecule has 4 aromatic rings. The number of carbonyl (C=O) groups excluding carboxylic acids is 2. The van der Waals surface area contributed by atoms with Crippen LogP contribution >= 0.6 is 11.3 Å². The summed E-state index contributed by atoms with van der Waals surface area (Å²) in [7, 11) is 0. The first-order valence-electron chi connectivity index (χ1n) is 18.9. The molecule has 2 amide bonds. The number of aromatic nitrogens is 2. The lowest BCUT2D eigenvalue weighted by atomic mass is 9.88. The zero-order valence-corrected chi connectivity index (χ0v) is 32.5. The van der Waals surface area contributed by atoms with Gasteiger partial charge in [0, 0.05) is 67.2 Å². The van der Waals surface area contributed by atoms with E-state index < -0.39 is 11.5 Å². The third kappa shape index (κ3) is 7.16. The fourth-order valence-electron chi connectivity index (χ4n) is 8.39. The molecule has 0 aliphatic carbocycles. The Hall–Kier alpha value is -4.38. The number of aliphatic imine (C=N–C) groups is 1. The molecule has 3 aliphatic heterocycles. The van der Waals surface area contributed by atoms with E-state index in [0.717, 1.165) is 70.9 Å². The Bertz CT molecular complexity index is 1920. The van der Waals surface area contributed by atoms with Crippen molar-refractivity contribution in [2.75, 3.05) is 37.6 Å². The van der Waals surface area contributed by atoms with Gasteiger partial charge in [-0.1, -0.05) is 30.2 Å². The number of hydrogen-bond acceptors (Lipinski definition) is 7. The zero-order chi connectivity index (χ0) is 36.7. The fourth-order valence-corrected chi connectivity index (χ4v) is 9.57. The molecule has 11 heteroatoms. The number of thiophene rings is 1. The van der Waals surface area contributed by atoms with Crippen molar-refractivity contribution >= 4 is 45.3 Å². The molecule has 2 bridgehead atoms. The number of anilines is 1. The highest BCUT2D eigenvalue weighted by molar-refractivity contribution is 7.19. The summed E-state index contributed by atoms with van der Waals surface area (Å²) in [6.45, 7) is 17.7. The summed E-state index contributed by atoms with van der Waals surface area (Å²) in [6, 6.07) is 15.7. The van der Waals surface area contributed by atoms with Gasteiger partial charge < -0.3 is 24.4 Å². The van der Waals surface area contributed by atoms with E-state index in [2.05, 4.69) is 88.9 Å².